The van der Waals surface area contributed by atoms with Crippen molar-refractivity contribution in [3.8, 4) is 0 Å². The number of methoxy groups -OCH3 is 1. The van der Waals surface area contributed by atoms with Crippen molar-refractivity contribution in [2.45, 2.75) is 116 Å². The quantitative estimate of drug-likeness (QED) is 0.444. The van der Waals surface area contributed by atoms with E-state index in [1.807, 2.05) is 6.92 Å². The summed E-state index contributed by atoms with van der Waals surface area (Å²) >= 11 is 0. The molecule has 0 amide bonds. The van der Waals surface area contributed by atoms with Gasteiger partial charge in [-0.1, -0.05) is 25.5 Å². The van der Waals surface area contributed by atoms with Crippen LogP contribution in [0.5, 0.6) is 0 Å². The molecule has 0 aromatic carbocycles. The Bertz CT molecular complexity index is 953. The molecular formula is C29H44O6. The van der Waals surface area contributed by atoms with E-state index in [0.717, 1.165) is 38.5 Å². The average Bonchev–Trinajstić information content (AvgIpc) is 3.22. The van der Waals surface area contributed by atoms with Gasteiger partial charge in [-0.05, 0) is 94.3 Å². The van der Waals surface area contributed by atoms with E-state index in [1.54, 1.807) is 13.8 Å². The molecule has 2 heterocycles. The highest BCUT2D eigenvalue weighted by Crippen LogP contribution is 2.71. The third-order valence-electron chi connectivity index (χ3n) is 12.0. The van der Waals surface area contributed by atoms with Crippen molar-refractivity contribution in [1.29, 1.82) is 0 Å². The highest BCUT2D eigenvalue weighted by Gasteiger charge is 2.75. The highest BCUT2D eigenvalue weighted by molar-refractivity contribution is 5.78. The summed E-state index contributed by atoms with van der Waals surface area (Å²) in [4.78, 5) is 13.2. The number of aliphatic hydroxyl groups excluding tert-OH is 1. The van der Waals surface area contributed by atoms with Gasteiger partial charge in [0.2, 0.25) is 0 Å². The standard InChI is InChI=1S/C29H44O6/c1-25(2,32)29-15-28(5,24(31)33-6)23(35-29)22-21(34-29)14-20-18-8-7-16-13-17(30)9-11-26(16,3)19(18)10-12-27(20,22)4/h7,17-23,30,32H,8-15H2,1-6H3/t17?,18?,19?,20?,21?,22-,23+,26-,27-,28+,29-/m0/s1. The second-order valence-electron chi connectivity index (χ2n) is 14.1. The number of ether oxygens (including phenoxy) is 3. The molecule has 0 spiro atoms. The van der Waals surface area contributed by atoms with Gasteiger partial charge in [-0.15, -0.1) is 0 Å². The molecule has 3 saturated carbocycles. The Morgan fingerprint density at radius 1 is 1.14 bits per heavy atom. The van der Waals surface area contributed by atoms with Crippen LogP contribution in [0.3, 0.4) is 0 Å². The number of carbonyl (C=O) groups is 1. The van der Waals surface area contributed by atoms with Crippen LogP contribution in [0.25, 0.3) is 0 Å². The highest BCUT2D eigenvalue weighted by atomic mass is 16.7. The molecule has 2 saturated heterocycles. The van der Waals surface area contributed by atoms with Crippen LogP contribution in [0.4, 0.5) is 0 Å². The van der Waals surface area contributed by atoms with E-state index in [0.29, 0.717) is 24.2 Å². The van der Waals surface area contributed by atoms with Crippen molar-refractivity contribution >= 4 is 5.97 Å². The van der Waals surface area contributed by atoms with Gasteiger partial charge in [-0.25, -0.2) is 0 Å². The van der Waals surface area contributed by atoms with E-state index in [9.17, 15) is 15.0 Å². The van der Waals surface area contributed by atoms with E-state index in [-0.39, 0.29) is 41.0 Å². The number of rotatable bonds is 2. The van der Waals surface area contributed by atoms with Crippen molar-refractivity contribution < 1.29 is 29.2 Å². The summed E-state index contributed by atoms with van der Waals surface area (Å²) in [5.74, 6) is 0.325. The molecule has 0 radical (unpaired) electrons. The van der Waals surface area contributed by atoms with Crippen LogP contribution in [0.15, 0.2) is 11.6 Å². The van der Waals surface area contributed by atoms with Crippen molar-refractivity contribution in [1.82, 2.24) is 0 Å². The van der Waals surface area contributed by atoms with Crippen molar-refractivity contribution in [2.75, 3.05) is 7.11 Å². The molecule has 196 valence electrons. The fraction of sp³-hybridized carbons (Fsp3) is 0.897. The maximum absolute atomic E-state index is 13.2. The number of hydrogen-bond donors (Lipinski definition) is 2. The normalized spacial score (nSPS) is 54.7. The van der Waals surface area contributed by atoms with Gasteiger partial charge in [0.05, 0.1) is 30.8 Å². The molecule has 35 heavy (non-hydrogen) atoms. The monoisotopic (exact) mass is 488 g/mol. The van der Waals surface area contributed by atoms with Gasteiger partial charge in [0.25, 0.3) is 0 Å². The van der Waals surface area contributed by atoms with E-state index < -0.39 is 16.8 Å². The van der Waals surface area contributed by atoms with Crippen molar-refractivity contribution in [3.05, 3.63) is 11.6 Å². The molecule has 2 N–H and O–H groups in total. The lowest BCUT2D eigenvalue weighted by atomic mass is 9.47. The van der Waals surface area contributed by atoms with Gasteiger partial charge in [0.1, 0.15) is 5.60 Å². The molecule has 6 aliphatic rings. The maximum Gasteiger partial charge on any atom is 0.314 e. The first-order valence-electron chi connectivity index (χ1n) is 13.8. The fourth-order valence-corrected chi connectivity index (χ4v) is 10.0. The van der Waals surface area contributed by atoms with Crippen LogP contribution in [0.1, 0.15) is 86.0 Å². The molecule has 6 heteroatoms. The average molecular weight is 489 g/mol. The predicted octanol–water partition coefficient (Wildman–Crippen LogP) is 4.37. The first kappa shape index (κ1) is 24.4. The number of hydrogen-bond acceptors (Lipinski definition) is 6. The van der Waals surface area contributed by atoms with Gasteiger partial charge in [0.15, 0.2) is 5.79 Å². The van der Waals surface area contributed by atoms with E-state index in [2.05, 4.69) is 19.9 Å². The topological polar surface area (TPSA) is 85.2 Å². The molecule has 0 aromatic heterocycles. The Balaban J connectivity index is 1.39. The van der Waals surface area contributed by atoms with Crippen LogP contribution in [-0.4, -0.2) is 53.0 Å². The predicted molar refractivity (Wildman–Crippen MR) is 130 cm³/mol. The number of fused-ring (bicyclic) bond motifs is 10. The van der Waals surface area contributed by atoms with Gasteiger partial charge >= 0.3 is 5.97 Å². The Kier molecular flexibility index (Phi) is 5.11. The zero-order valence-corrected chi connectivity index (χ0v) is 22.3. The van der Waals surface area contributed by atoms with Crippen LogP contribution in [-0.2, 0) is 19.0 Å². The summed E-state index contributed by atoms with van der Waals surface area (Å²) in [6, 6.07) is 0. The molecular weight excluding hydrogens is 444 g/mol. The molecule has 4 aliphatic carbocycles. The first-order valence-corrected chi connectivity index (χ1v) is 13.8. The zero-order valence-electron chi connectivity index (χ0n) is 22.3. The summed E-state index contributed by atoms with van der Waals surface area (Å²) in [5, 5.41) is 21.5. The number of esters is 1. The number of carbonyl (C=O) groups excluding carboxylic acids is 1. The van der Waals surface area contributed by atoms with E-state index >= 15 is 0 Å². The Labute approximate surface area is 209 Å². The van der Waals surface area contributed by atoms with Gasteiger partial charge < -0.3 is 24.4 Å². The number of aliphatic hydroxyl groups is 2. The fourth-order valence-electron chi connectivity index (χ4n) is 10.0. The molecule has 6 rings (SSSR count). The van der Waals surface area contributed by atoms with Gasteiger partial charge in [-0.2, -0.15) is 0 Å². The van der Waals surface area contributed by atoms with Crippen LogP contribution >= 0.6 is 0 Å². The van der Waals surface area contributed by atoms with Gasteiger partial charge in [0, 0.05) is 12.3 Å². The molecule has 2 aliphatic heterocycles. The summed E-state index contributed by atoms with van der Waals surface area (Å²) in [5.41, 5.74) is -0.416. The first-order chi connectivity index (χ1) is 16.3. The van der Waals surface area contributed by atoms with E-state index in [4.69, 9.17) is 14.2 Å². The molecule has 5 fully saturated rings. The van der Waals surface area contributed by atoms with Crippen molar-refractivity contribution in [2.24, 2.45) is 39.9 Å². The molecule has 2 bridgehead atoms. The van der Waals surface area contributed by atoms with E-state index in [1.165, 1.54) is 19.1 Å². The minimum Gasteiger partial charge on any atom is -0.469 e. The minimum absolute atomic E-state index is 0.0117. The Hall–Kier alpha value is -0.950. The Morgan fingerprint density at radius 3 is 2.57 bits per heavy atom. The third kappa shape index (κ3) is 3.00. The summed E-state index contributed by atoms with van der Waals surface area (Å²) in [7, 11) is 1.45. The van der Waals surface area contributed by atoms with Gasteiger partial charge in [-0.3, -0.25) is 4.79 Å². The lowest BCUT2D eigenvalue weighted by Crippen LogP contribution is -2.60. The second-order valence-corrected chi connectivity index (χ2v) is 14.1. The lowest BCUT2D eigenvalue weighted by molar-refractivity contribution is -0.362. The molecule has 5 unspecified atom stereocenters. The van der Waals surface area contributed by atoms with Crippen LogP contribution in [0, 0.1) is 39.9 Å². The maximum atomic E-state index is 13.2. The summed E-state index contributed by atoms with van der Waals surface area (Å²) < 4.78 is 18.8. The molecule has 6 nitrogen and oxygen atoms in total. The van der Waals surface area contributed by atoms with Crippen LogP contribution < -0.4 is 0 Å². The molecule has 0 aromatic rings. The number of allylic oxidation sites excluding steroid dienone is 1. The smallest absolute Gasteiger partial charge is 0.314 e. The largest absolute Gasteiger partial charge is 0.469 e. The lowest BCUT2D eigenvalue weighted by Gasteiger charge is -2.58. The minimum atomic E-state index is -1.24. The van der Waals surface area contributed by atoms with Crippen molar-refractivity contribution in [3.63, 3.8) is 0 Å². The summed E-state index contributed by atoms with van der Waals surface area (Å²) in [6.45, 7) is 10.3. The third-order valence-corrected chi connectivity index (χ3v) is 12.0. The SMILES string of the molecule is COC(=O)[C@]1(C)C[C@]2(C(C)(C)O)OC3CC4C5CC=C6CC(O)CC[C@]6(C)C5CC[C@]4(C)[C@@H]3[C@H]1O2. The molecule has 11 atom stereocenters. The van der Waals surface area contributed by atoms with Crippen LogP contribution in [0.2, 0.25) is 0 Å². The second kappa shape index (κ2) is 7.33. The zero-order chi connectivity index (χ0) is 25.2. The summed E-state index contributed by atoms with van der Waals surface area (Å²) in [6.07, 6.45) is 9.30. The Morgan fingerprint density at radius 2 is 1.89 bits per heavy atom.